The van der Waals surface area contributed by atoms with Gasteiger partial charge in [-0.3, -0.25) is 9.59 Å². The first-order chi connectivity index (χ1) is 8.72. The van der Waals surface area contributed by atoms with Gasteiger partial charge in [0.2, 0.25) is 0 Å². The molecule has 0 atom stereocenters. The molecule has 0 radical (unpaired) electrons. The van der Waals surface area contributed by atoms with E-state index in [1.165, 1.54) is 0 Å². The summed E-state index contributed by atoms with van der Waals surface area (Å²) in [6.45, 7) is 0.841. The molecule has 0 saturated heterocycles. The maximum atomic E-state index is 11.8. The summed E-state index contributed by atoms with van der Waals surface area (Å²) in [6.07, 6.45) is 0. The van der Waals surface area contributed by atoms with Crippen LogP contribution in [0.15, 0.2) is 35.1 Å². The number of benzene rings is 1. The first-order valence-electron chi connectivity index (χ1n) is 5.61. The number of rotatable bonds is 4. The van der Waals surface area contributed by atoms with E-state index in [0.717, 1.165) is 5.39 Å². The first kappa shape index (κ1) is 12.3. The second-order valence-electron chi connectivity index (χ2n) is 3.85. The number of hydrogen-bond acceptors (Lipinski definition) is 3. The van der Waals surface area contributed by atoms with E-state index in [9.17, 15) is 9.59 Å². The fourth-order valence-electron chi connectivity index (χ4n) is 1.70. The lowest BCUT2D eigenvalue weighted by molar-refractivity contribution is 0.0932. The van der Waals surface area contributed by atoms with Gasteiger partial charge in [-0.25, -0.2) is 0 Å². The number of carbonyl (C=O) groups excluding carboxylic acids is 1. The summed E-state index contributed by atoms with van der Waals surface area (Å²) >= 11 is 0. The summed E-state index contributed by atoms with van der Waals surface area (Å²) in [5.41, 5.74) is -0.000190. The molecule has 1 amide bonds. The Morgan fingerprint density at radius 1 is 1.39 bits per heavy atom. The Morgan fingerprint density at radius 2 is 2.17 bits per heavy atom. The van der Waals surface area contributed by atoms with Gasteiger partial charge in [0, 0.05) is 19.0 Å². The quantitative estimate of drug-likeness (QED) is 0.787. The average Bonchev–Trinajstić information content (AvgIpc) is 2.39. The molecule has 2 rings (SSSR count). The maximum Gasteiger partial charge on any atom is 0.267 e. The Bertz CT molecular complexity index is 619. The summed E-state index contributed by atoms with van der Waals surface area (Å²) in [5.74, 6) is -0.310. The number of hydrogen-bond donors (Lipinski definition) is 2. The van der Waals surface area contributed by atoms with Crippen LogP contribution in [0.1, 0.15) is 10.5 Å². The number of H-pyrrole nitrogens is 1. The predicted octanol–water partition coefficient (Wildman–Crippen LogP) is 0.904. The molecule has 0 fully saturated rings. The SMILES string of the molecule is COCCNC(=O)c1cc2ccccc2c(=O)[nH]1. The Morgan fingerprint density at radius 3 is 2.94 bits per heavy atom. The lowest BCUT2D eigenvalue weighted by atomic mass is 10.1. The average molecular weight is 246 g/mol. The van der Waals surface area contributed by atoms with Crippen LogP contribution >= 0.6 is 0 Å². The highest BCUT2D eigenvalue weighted by atomic mass is 16.5. The minimum Gasteiger partial charge on any atom is -0.383 e. The van der Waals surface area contributed by atoms with Crippen molar-refractivity contribution in [1.29, 1.82) is 0 Å². The Kier molecular flexibility index (Phi) is 3.74. The van der Waals surface area contributed by atoms with Crippen molar-refractivity contribution in [3.63, 3.8) is 0 Å². The fraction of sp³-hybridized carbons (Fsp3) is 0.231. The zero-order valence-corrected chi connectivity index (χ0v) is 10.0. The summed E-state index contributed by atoms with van der Waals surface area (Å²) in [6, 6.07) is 8.81. The van der Waals surface area contributed by atoms with Gasteiger partial charge in [-0.1, -0.05) is 18.2 Å². The number of ether oxygens (including phenoxy) is 1. The van der Waals surface area contributed by atoms with E-state index in [-0.39, 0.29) is 17.2 Å². The molecule has 0 spiro atoms. The van der Waals surface area contributed by atoms with Crippen molar-refractivity contribution in [3.8, 4) is 0 Å². The zero-order chi connectivity index (χ0) is 13.0. The molecule has 1 heterocycles. The van der Waals surface area contributed by atoms with Gasteiger partial charge in [0.1, 0.15) is 5.69 Å². The van der Waals surface area contributed by atoms with Gasteiger partial charge in [0.05, 0.1) is 6.61 Å². The highest BCUT2D eigenvalue weighted by molar-refractivity contribution is 5.96. The van der Waals surface area contributed by atoms with Gasteiger partial charge in [-0.2, -0.15) is 0 Å². The van der Waals surface area contributed by atoms with Crippen molar-refractivity contribution in [2.45, 2.75) is 0 Å². The van der Waals surface area contributed by atoms with Crippen molar-refractivity contribution in [2.75, 3.05) is 20.3 Å². The van der Waals surface area contributed by atoms with Crippen LogP contribution in [0.5, 0.6) is 0 Å². The molecule has 0 saturated carbocycles. The number of pyridine rings is 1. The highest BCUT2D eigenvalue weighted by Crippen LogP contribution is 2.09. The molecule has 0 aliphatic rings. The highest BCUT2D eigenvalue weighted by Gasteiger charge is 2.08. The van der Waals surface area contributed by atoms with Crippen molar-refractivity contribution >= 4 is 16.7 Å². The molecule has 0 aliphatic heterocycles. The maximum absolute atomic E-state index is 11.8. The number of nitrogens with one attached hydrogen (secondary N) is 2. The lowest BCUT2D eigenvalue weighted by Gasteiger charge is -2.05. The molecule has 1 aromatic heterocycles. The zero-order valence-electron chi connectivity index (χ0n) is 10.0. The van der Waals surface area contributed by atoms with Crippen LogP contribution < -0.4 is 10.9 Å². The third-order valence-electron chi connectivity index (χ3n) is 2.59. The van der Waals surface area contributed by atoms with E-state index in [4.69, 9.17) is 4.74 Å². The molecule has 2 N–H and O–H groups in total. The number of aromatic nitrogens is 1. The molecule has 0 aliphatic carbocycles. The number of carbonyl (C=O) groups is 1. The molecular formula is C13H14N2O3. The van der Waals surface area contributed by atoms with Crippen LogP contribution in [-0.2, 0) is 4.74 Å². The standard InChI is InChI=1S/C13H14N2O3/c1-18-7-6-14-13(17)11-8-9-4-2-3-5-10(9)12(16)15-11/h2-5,8H,6-7H2,1H3,(H,14,17)(H,15,16). The van der Waals surface area contributed by atoms with E-state index < -0.39 is 0 Å². The monoisotopic (exact) mass is 246 g/mol. The van der Waals surface area contributed by atoms with E-state index in [2.05, 4.69) is 10.3 Å². The molecule has 0 unspecified atom stereocenters. The third-order valence-corrected chi connectivity index (χ3v) is 2.59. The van der Waals surface area contributed by atoms with E-state index >= 15 is 0 Å². The molecular weight excluding hydrogens is 232 g/mol. The molecule has 5 heteroatoms. The van der Waals surface area contributed by atoms with E-state index in [0.29, 0.717) is 18.5 Å². The fourth-order valence-corrected chi connectivity index (χ4v) is 1.70. The minimum absolute atomic E-state index is 0.259. The minimum atomic E-state index is -0.310. The Balaban J connectivity index is 2.29. The van der Waals surface area contributed by atoms with Crippen LogP contribution in [0, 0.1) is 0 Å². The van der Waals surface area contributed by atoms with Crippen LogP contribution in [-0.4, -0.2) is 31.2 Å². The number of aromatic amines is 1. The van der Waals surface area contributed by atoms with Crippen molar-refractivity contribution in [1.82, 2.24) is 10.3 Å². The summed E-state index contributed by atoms with van der Waals surface area (Å²) in [7, 11) is 1.56. The number of methoxy groups -OCH3 is 1. The predicted molar refractivity (Wildman–Crippen MR) is 68.8 cm³/mol. The van der Waals surface area contributed by atoms with Crippen LogP contribution in [0.3, 0.4) is 0 Å². The van der Waals surface area contributed by atoms with Gasteiger partial charge >= 0.3 is 0 Å². The van der Waals surface area contributed by atoms with Gasteiger partial charge in [-0.05, 0) is 17.5 Å². The number of amides is 1. The van der Waals surface area contributed by atoms with Crippen LogP contribution in [0.2, 0.25) is 0 Å². The molecule has 94 valence electrons. The van der Waals surface area contributed by atoms with Gasteiger partial charge in [-0.15, -0.1) is 0 Å². The third kappa shape index (κ3) is 2.57. The van der Waals surface area contributed by atoms with Gasteiger partial charge < -0.3 is 15.0 Å². The second-order valence-corrected chi connectivity index (χ2v) is 3.85. The molecule has 2 aromatic rings. The van der Waals surface area contributed by atoms with Crippen LogP contribution in [0.25, 0.3) is 10.8 Å². The Hall–Kier alpha value is -2.14. The molecule has 5 nitrogen and oxygen atoms in total. The normalized spacial score (nSPS) is 10.5. The molecule has 18 heavy (non-hydrogen) atoms. The molecule has 0 bridgehead atoms. The van der Waals surface area contributed by atoms with Crippen molar-refractivity contribution in [2.24, 2.45) is 0 Å². The summed E-state index contributed by atoms with van der Waals surface area (Å²) < 4.78 is 4.84. The Labute approximate surface area is 104 Å². The largest absolute Gasteiger partial charge is 0.383 e. The summed E-state index contributed by atoms with van der Waals surface area (Å²) in [5, 5.41) is 3.98. The van der Waals surface area contributed by atoms with E-state index in [1.54, 1.807) is 31.4 Å². The smallest absolute Gasteiger partial charge is 0.267 e. The van der Waals surface area contributed by atoms with E-state index in [1.807, 2.05) is 6.07 Å². The topological polar surface area (TPSA) is 71.2 Å². The van der Waals surface area contributed by atoms with Crippen molar-refractivity contribution < 1.29 is 9.53 Å². The second kappa shape index (κ2) is 5.46. The number of fused-ring (bicyclic) bond motifs is 1. The molecule has 1 aromatic carbocycles. The van der Waals surface area contributed by atoms with Gasteiger partial charge in [0.15, 0.2) is 0 Å². The lowest BCUT2D eigenvalue weighted by Crippen LogP contribution is -2.29. The first-order valence-corrected chi connectivity index (χ1v) is 5.61. The van der Waals surface area contributed by atoms with Crippen molar-refractivity contribution in [3.05, 3.63) is 46.4 Å². The van der Waals surface area contributed by atoms with Crippen LogP contribution in [0.4, 0.5) is 0 Å². The van der Waals surface area contributed by atoms with Gasteiger partial charge in [0.25, 0.3) is 11.5 Å². The summed E-state index contributed by atoms with van der Waals surface area (Å²) in [4.78, 5) is 26.1.